The van der Waals surface area contributed by atoms with Crippen LogP contribution >= 0.6 is 27.3 Å². The number of hydrogen-bond acceptors (Lipinski definition) is 9. The fourth-order valence-corrected chi connectivity index (χ4v) is 5.40. The summed E-state index contributed by atoms with van der Waals surface area (Å²) in [6.45, 7) is -0.534. The van der Waals surface area contributed by atoms with Gasteiger partial charge in [0.2, 0.25) is 0 Å². The van der Waals surface area contributed by atoms with Crippen molar-refractivity contribution < 1.29 is 28.9 Å². The maximum absolute atomic E-state index is 14.1. The van der Waals surface area contributed by atoms with E-state index in [1.165, 1.54) is 40.3 Å². The van der Waals surface area contributed by atoms with Crippen molar-refractivity contribution in [2.75, 3.05) is 25.7 Å². The molecule has 10 nitrogen and oxygen atoms in total. The van der Waals surface area contributed by atoms with Gasteiger partial charge in [-0.05, 0) is 46.3 Å². The minimum Gasteiger partial charge on any atom is -0.394 e. The first-order valence-corrected chi connectivity index (χ1v) is 12.9. The molecule has 4 aromatic rings. The second-order valence-electron chi connectivity index (χ2n) is 8.57. The number of rotatable bonds is 6. The van der Waals surface area contributed by atoms with E-state index in [2.05, 4.69) is 31.2 Å². The highest BCUT2D eigenvalue weighted by atomic mass is 79.9. The van der Waals surface area contributed by atoms with Crippen molar-refractivity contribution in [3.05, 3.63) is 58.4 Å². The number of likely N-dealkylation sites (N-methyl/N-ethyl adjacent to an activating group) is 1. The third-order valence-electron chi connectivity index (χ3n) is 6.45. The number of hydrogen-bond donors (Lipinski definition) is 2. The number of carbonyl (C=O) groups is 1. The number of aliphatic hydroxyl groups is 2. The SMILES string of the molecule is CO[C@@H]1[C@@H](n2cc(-c3ccc(Br)c(F)c3)nn2)[C@@H](O)[C@@H](CO)O[C@H]1C(=O)N(C)c1ccc2ncsc2c1. The number of methoxy groups -OCH3 is 1. The normalized spacial score (nSPS) is 23.9. The lowest BCUT2D eigenvalue weighted by Crippen LogP contribution is -2.60. The fraction of sp³-hybridized carbons (Fsp3) is 0.333. The van der Waals surface area contributed by atoms with E-state index < -0.39 is 48.8 Å². The minimum atomic E-state index is -1.27. The van der Waals surface area contributed by atoms with Crippen LogP contribution in [0.4, 0.5) is 10.1 Å². The number of fused-ring (bicyclic) bond motifs is 1. The first kappa shape index (κ1) is 25.8. The lowest BCUT2D eigenvalue weighted by Gasteiger charge is -2.43. The smallest absolute Gasteiger partial charge is 0.258 e. The summed E-state index contributed by atoms with van der Waals surface area (Å²) in [6.07, 6.45) is -2.97. The highest BCUT2D eigenvalue weighted by Crippen LogP contribution is 2.34. The molecule has 1 amide bonds. The standard InChI is InChI=1S/C24H23BrFN5O5S/c1-30(13-4-6-16-19(8-13)37-11-27-16)24(34)23-22(35-2)20(21(33)18(10-32)36-23)31-9-17(28-29-31)12-3-5-14(25)15(26)7-12/h3-9,11,18,20-23,32-33H,10H2,1-2H3/t18-,20+,21+,22-,23-/m1/s1. The molecule has 0 aliphatic carbocycles. The van der Waals surface area contributed by atoms with Crippen molar-refractivity contribution in [1.82, 2.24) is 20.0 Å². The summed E-state index contributed by atoms with van der Waals surface area (Å²) in [5.41, 5.74) is 4.03. The van der Waals surface area contributed by atoms with Crippen LogP contribution in [-0.2, 0) is 14.3 Å². The van der Waals surface area contributed by atoms with Crippen LogP contribution < -0.4 is 4.90 Å². The summed E-state index contributed by atoms with van der Waals surface area (Å²) in [5, 5.41) is 29.2. The lowest BCUT2D eigenvalue weighted by molar-refractivity contribution is -0.211. The highest BCUT2D eigenvalue weighted by molar-refractivity contribution is 9.10. The van der Waals surface area contributed by atoms with Crippen LogP contribution in [0.15, 0.2) is 52.6 Å². The topological polar surface area (TPSA) is 123 Å². The second kappa shape index (κ2) is 10.5. The van der Waals surface area contributed by atoms with Gasteiger partial charge in [0.05, 0.1) is 33.0 Å². The number of anilines is 1. The molecule has 5 rings (SSSR count). The van der Waals surface area contributed by atoms with Crippen molar-refractivity contribution in [1.29, 1.82) is 0 Å². The van der Waals surface area contributed by atoms with Gasteiger partial charge in [-0.1, -0.05) is 11.3 Å². The quantitative estimate of drug-likeness (QED) is 0.351. The van der Waals surface area contributed by atoms with E-state index in [1.54, 1.807) is 30.8 Å². The number of aliphatic hydroxyl groups excluding tert-OH is 2. The summed E-state index contributed by atoms with van der Waals surface area (Å²) in [5.74, 6) is -0.889. The van der Waals surface area contributed by atoms with Crippen molar-refractivity contribution in [3.63, 3.8) is 0 Å². The maximum Gasteiger partial charge on any atom is 0.258 e. The first-order valence-electron chi connectivity index (χ1n) is 11.3. The van der Waals surface area contributed by atoms with Crippen LogP contribution in [-0.4, -0.2) is 81.3 Å². The molecule has 1 fully saturated rings. The zero-order valence-electron chi connectivity index (χ0n) is 19.7. The molecule has 13 heteroatoms. The molecule has 2 aromatic heterocycles. The molecule has 0 unspecified atom stereocenters. The van der Waals surface area contributed by atoms with Crippen molar-refractivity contribution >= 4 is 49.1 Å². The van der Waals surface area contributed by atoms with Gasteiger partial charge < -0.3 is 24.6 Å². The highest BCUT2D eigenvalue weighted by Gasteiger charge is 2.50. The molecule has 37 heavy (non-hydrogen) atoms. The summed E-state index contributed by atoms with van der Waals surface area (Å²) < 4.78 is 28.2. The number of ether oxygens (including phenoxy) is 2. The van der Waals surface area contributed by atoms with E-state index >= 15 is 0 Å². The monoisotopic (exact) mass is 591 g/mol. The van der Waals surface area contributed by atoms with E-state index in [9.17, 15) is 19.4 Å². The van der Waals surface area contributed by atoms with Gasteiger partial charge in [-0.2, -0.15) is 0 Å². The van der Waals surface area contributed by atoms with Crippen LogP contribution in [0.5, 0.6) is 0 Å². The number of nitrogens with zero attached hydrogens (tertiary/aromatic N) is 5. The molecule has 0 saturated carbocycles. The van der Waals surface area contributed by atoms with Crippen molar-refractivity contribution in [2.24, 2.45) is 0 Å². The molecule has 0 bridgehead atoms. The van der Waals surface area contributed by atoms with Crippen LogP contribution in [0.2, 0.25) is 0 Å². The Labute approximate surface area is 223 Å². The summed E-state index contributed by atoms with van der Waals surface area (Å²) in [6, 6.07) is 9.07. The molecule has 2 aromatic carbocycles. The Morgan fingerprint density at radius 3 is 2.86 bits per heavy atom. The third kappa shape index (κ3) is 4.78. The molecule has 3 heterocycles. The summed E-state index contributed by atoms with van der Waals surface area (Å²) in [4.78, 5) is 19.3. The van der Waals surface area contributed by atoms with Gasteiger partial charge in [0.25, 0.3) is 5.91 Å². The Bertz CT molecular complexity index is 1430. The van der Waals surface area contributed by atoms with Gasteiger partial charge in [0, 0.05) is 25.4 Å². The number of thiazole rings is 1. The number of aromatic nitrogens is 4. The summed E-state index contributed by atoms with van der Waals surface area (Å²) >= 11 is 4.59. The maximum atomic E-state index is 14.1. The van der Waals surface area contributed by atoms with Crippen LogP contribution in [0, 0.1) is 5.82 Å². The summed E-state index contributed by atoms with van der Waals surface area (Å²) in [7, 11) is 3.02. The van der Waals surface area contributed by atoms with Crippen molar-refractivity contribution in [2.45, 2.75) is 30.5 Å². The zero-order valence-corrected chi connectivity index (χ0v) is 22.1. The Morgan fingerprint density at radius 1 is 1.32 bits per heavy atom. The van der Waals surface area contributed by atoms with Crippen molar-refractivity contribution in [3.8, 4) is 11.3 Å². The lowest BCUT2D eigenvalue weighted by atomic mass is 9.91. The zero-order chi connectivity index (χ0) is 26.3. The number of halogens is 2. The number of carbonyl (C=O) groups excluding carboxylic acids is 1. The van der Waals surface area contributed by atoms with E-state index in [0.717, 1.165) is 10.2 Å². The average molecular weight is 592 g/mol. The van der Waals surface area contributed by atoms with Crippen LogP contribution in [0.1, 0.15) is 6.04 Å². The molecule has 1 aliphatic heterocycles. The second-order valence-corrected chi connectivity index (χ2v) is 10.3. The largest absolute Gasteiger partial charge is 0.394 e. The molecule has 1 aliphatic rings. The molecular weight excluding hydrogens is 569 g/mol. The first-order chi connectivity index (χ1) is 17.8. The van der Waals surface area contributed by atoms with Gasteiger partial charge >= 0.3 is 0 Å². The molecule has 194 valence electrons. The van der Waals surface area contributed by atoms with Crippen LogP contribution in [0.3, 0.4) is 0 Å². The van der Waals surface area contributed by atoms with Gasteiger partial charge in [0.15, 0.2) is 6.10 Å². The van der Waals surface area contributed by atoms with Gasteiger partial charge in [0.1, 0.15) is 35.9 Å². The average Bonchev–Trinajstić information content (AvgIpc) is 3.58. The minimum absolute atomic E-state index is 0.314. The molecule has 2 N–H and O–H groups in total. The van der Waals surface area contributed by atoms with E-state index in [1.807, 2.05) is 12.1 Å². The van der Waals surface area contributed by atoms with E-state index in [4.69, 9.17) is 9.47 Å². The Hall–Kier alpha value is -2.81. The molecule has 0 spiro atoms. The number of benzene rings is 2. The van der Waals surface area contributed by atoms with Gasteiger partial charge in [-0.15, -0.1) is 16.4 Å². The Balaban J connectivity index is 1.47. The van der Waals surface area contributed by atoms with Gasteiger partial charge in [-0.25, -0.2) is 14.1 Å². The molecule has 1 saturated heterocycles. The van der Waals surface area contributed by atoms with Crippen LogP contribution in [0.25, 0.3) is 21.5 Å². The molecule has 5 atom stereocenters. The Kier molecular flexibility index (Phi) is 7.34. The fourth-order valence-electron chi connectivity index (χ4n) is 4.44. The van der Waals surface area contributed by atoms with Gasteiger partial charge in [-0.3, -0.25) is 4.79 Å². The Morgan fingerprint density at radius 2 is 2.14 bits per heavy atom. The molecule has 0 radical (unpaired) electrons. The predicted molar refractivity (Wildman–Crippen MR) is 138 cm³/mol. The number of amides is 1. The van der Waals surface area contributed by atoms with E-state index in [-0.39, 0.29) is 0 Å². The predicted octanol–water partition coefficient (Wildman–Crippen LogP) is 2.80. The molecular formula is C24H23BrFN5O5S. The third-order valence-corrected chi connectivity index (χ3v) is 7.88. The van der Waals surface area contributed by atoms with E-state index in [0.29, 0.717) is 21.4 Å².